The van der Waals surface area contributed by atoms with Crippen molar-refractivity contribution in [3.05, 3.63) is 191 Å². The number of aromatic nitrogens is 2. The molecule has 0 N–H and O–H groups in total. The van der Waals surface area contributed by atoms with E-state index in [0.29, 0.717) is 47.7 Å². The van der Waals surface area contributed by atoms with Gasteiger partial charge in [0.15, 0.2) is 0 Å². The molecule has 0 atom stereocenters. The van der Waals surface area contributed by atoms with Gasteiger partial charge in [-0.05, 0) is 60.7 Å². The van der Waals surface area contributed by atoms with Crippen LogP contribution in [-0.2, 0) is 0 Å². The molecule has 0 saturated carbocycles. The van der Waals surface area contributed by atoms with Gasteiger partial charge in [0, 0.05) is 84.8 Å². The maximum Gasteiger partial charge on any atom is 0.0720 e. The Kier molecular flexibility index (Phi) is 8.64. The highest BCUT2D eigenvalue weighted by molar-refractivity contribution is 6.42. The van der Waals surface area contributed by atoms with Crippen molar-refractivity contribution in [1.29, 1.82) is 0 Å². The van der Waals surface area contributed by atoms with Crippen LogP contribution < -0.4 is 0 Å². The topological polar surface area (TPSA) is 9.86 Å². The van der Waals surface area contributed by atoms with Crippen LogP contribution in [0.5, 0.6) is 0 Å². The second kappa shape index (κ2) is 13.2. The molecule has 0 amide bonds. The van der Waals surface area contributed by atoms with Crippen LogP contribution in [0.3, 0.4) is 0 Å². The lowest BCUT2D eigenvalue weighted by atomic mass is 9.84. The van der Waals surface area contributed by atoms with Gasteiger partial charge in [-0.25, -0.2) is 0 Å². The molecule has 7 aromatic carbocycles. The van der Waals surface area contributed by atoms with Gasteiger partial charge in [0.2, 0.25) is 0 Å². The predicted molar refractivity (Wildman–Crippen MR) is 224 cm³/mol. The van der Waals surface area contributed by atoms with Crippen molar-refractivity contribution in [2.45, 2.75) is 0 Å². The Morgan fingerprint density at radius 1 is 0.327 bits per heavy atom. The Morgan fingerprint density at radius 2 is 0.577 bits per heavy atom. The molecule has 2 aromatic heterocycles. The summed E-state index contributed by atoms with van der Waals surface area (Å²) in [4.78, 5) is 0. The maximum absolute atomic E-state index is 7.31. The van der Waals surface area contributed by atoms with E-state index in [1.807, 2.05) is 72.8 Å². The standard InChI is InChI=1S/C43H22Cl7N2/c44-23-17-30(45)40(31(46)18-23)43(41-32(47)19-24(20-33(41)48)51-36-13-5-1-9-26(36)27-10-2-6-14-37(27)51)42-34(49)21-25(22-35(42)50)52-38-15-7-3-11-28(38)29-12-4-8-16-39(29)52/h1-22H. The zero-order valence-corrected chi connectivity index (χ0v) is 32.0. The van der Waals surface area contributed by atoms with E-state index in [4.69, 9.17) is 81.2 Å². The number of benzene rings is 7. The smallest absolute Gasteiger partial charge is 0.0720 e. The third kappa shape index (κ3) is 5.39. The van der Waals surface area contributed by atoms with E-state index in [0.717, 1.165) is 55.0 Å². The van der Waals surface area contributed by atoms with E-state index >= 15 is 0 Å². The number of nitrogens with zero attached hydrogens (tertiary/aromatic N) is 2. The van der Waals surface area contributed by atoms with Crippen LogP contribution in [0.2, 0.25) is 35.2 Å². The fourth-order valence-electron chi connectivity index (χ4n) is 7.41. The third-order valence-electron chi connectivity index (χ3n) is 9.49. The van der Waals surface area contributed by atoms with Crippen molar-refractivity contribution in [2.75, 3.05) is 0 Å². The average molecular weight is 815 g/mol. The first kappa shape index (κ1) is 34.0. The summed E-state index contributed by atoms with van der Waals surface area (Å²) < 4.78 is 4.29. The molecule has 0 unspecified atom stereocenters. The Morgan fingerprint density at radius 3 is 0.865 bits per heavy atom. The van der Waals surface area contributed by atoms with E-state index in [2.05, 4.69) is 57.7 Å². The summed E-state index contributed by atoms with van der Waals surface area (Å²) >= 11 is 49.6. The van der Waals surface area contributed by atoms with Gasteiger partial charge in [0.25, 0.3) is 0 Å². The summed E-state index contributed by atoms with van der Waals surface area (Å²) in [5.41, 5.74) is 7.00. The molecule has 9 aromatic rings. The molecule has 0 aliphatic rings. The first-order valence-electron chi connectivity index (χ1n) is 16.2. The first-order valence-corrected chi connectivity index (χ1v) is 18.8. The lowest BCUT2D eigenvalue weighted by Crippen LogP contribution is -2.11. The van der Waals surface area contributed by atoms with Gasteiger partial charge < -0.3 is 9.13 Å². The van der Waals surface area contributed by atoms with Gasteiger partial charge in [-0.15, -0.1) is 0 Å². The average Bonchev–Trinajstić information content (AvgIpc) is 3.64. The van der Waals surface area contributed by atoms with Crippen molar-refractivity contribution in [3.63, 3.8) is 0 Å². The molecule has 0 fully saturated rings. The van der Waals surface area contributed by atoms with E-state index in [1.165, 1.54) is 0 Å². The second-order valence-corrected chi connectivity index (χ2v) is 15.3. The van der Waals surface area contributed by atoms with Crippen LogP contribution in [0.1, 0.15) is 16.7 Å². The Labute approximate surface area is 334 Å². The van der Waals surface area contributed by atoms with E-state index < -0.39 is 0 Å². The molecule has 0 aliphatic heterocycles. The molecule has 0 bridgehead atoms. The number of rotatable bonds is 5. The fraction of sp³-hybridized carbons (Fsp3) is 0. The van der Waals surface area contributed by atoms with E-state index in [9.17, 15) is 0 Å². The fourth-order valence-corrected chi connectivity index (χ4v) is 9.75. The first-order chi connectivity index (χ1) is 25.2. The largest absolute Gasteiger partial charge is 0.309 e. The summed E-state index contributed by atoms with van der Waals surface area (Å²) in [6, 6.07) is 43.7. The molecule has 9 heteroatoms. The summed E-state index contributed by atoms with van der Waals surface area (Å²) in [5, 5.41) is 6.78. The number of halogens is 7. The van der Waals surface area contributed by atoms with Crippen molar-refractivity contribution >= 4 is 125 Å². The van der Waals surface area contributed by atoms with Crippen LogP contribution in [0.25, 0.3) is 55.0 Å². The summed E-state index contributed by atoms with van der Waals surface area (Å²) in [7, 11) is 0. The zero-order chi connectivity index (χ0) is 35.8. The SMILES string of the molecule is Clc1cc(Cl)c([C](c2c(Cl)cc(-n3c4ccccc4c4ccccc43)cc2Cl)c2c(Cl)cc(-n3c4ccccc4c4ccccc43)cc2Cl)c(Cl)c1. The summed E-state index contributed by atoms with van der Waals surface area (Å²) in [6.45, 7) is 0. The normalized spacial score (nSPS) is 11.9. The van der Waals surface area contributed by atoms with Crippen LogP contribution in [-0.4, -0.2) is 9.13 Å². The molecule has 253 valence electrons. The Balaban J connectivity index is 1.28. The van der Waals surface area contributed by atoms with Gasteiger partial charge in [0.1, 0.15) is 0 Å². The minimum atomic E-state index is 0.282. The highest BCUT2D eigenvalue weighted by Crippen LogP contribution is 2.50. The van der Waals surface area contributed by atoms with Crippen molar-refractivity contribution in [3.8, 4) is 11.4 Å². The minimum Gasteiger partial charge on any atom is -0.309 e. The molecular weight excluding hydrogens is 793 g/mol. The van der Waals surface area contributed by atoms with Gasteiger partial charge in [-0.2, -0.15) is 0 Å². The Hall–Kier alpha value is -3.83. The monoisotopic (exact) mass is 811 g/mol. The predicted octanol–water partition coefficient (Wildman–Crippen LogP) is 15.5. The molecule has 9 rings (SSSR count). The van der Waals surface area contributed by atoms with Gasteiger partial charge >= 0.3 is 0 Å². The molecule has 2 nitrogen and oxygen atoms in total. The quantitative estimate of drug-likeness (QED) is 0.153. The van der Waals surface area contributed by atoms with E-state index in [1.54, 1.807) is 12.1 Å². The third-order valence-corrected chi connectivity index (χ3v) is 11.5. The Bertz CT molecular complexity index is 2560. The highest BCUT2D eigenvalue weighted by atomic mass is 35.5. The highest BCUT2D eigenvalue weighted by Gasteiger charge is 2.33. The summed E-state index contributed by atoms with van der Waals surface area (Å²) in [6.07, 6.45) is 0. The van der Waals surface area contributed by atoms with Crippen LogP contribution in [0.4, 0.5) is 0 Å². The molecule has 0 saturated heterocycles. The van der Waals surface area contributed by atoms with Gasteiger partial charge in [-0.3, -0.25) is 0 Å². The molecule has 0 spiro atoms. The lowest BCUT2D eigenvalue weighted by molar-refractivity contribution is 1.15. The second-order valence-electron chi connectivity index (χ2n) is 12.4. The number of para-hydroxylation sites is 4. The van der Waals surface area contributed by atoms with Crippen LogP contribution >= 0.6 is 81.2 Å². The van der Waals surface area contributed by atoms with Crippen molar-refractivity contribution in [2.24, 2.45) is 0 Å². The van der Waals surface area contributed by atoms with Gasteiger partial charge in [0.05, 0.1) is 28.0 Å². The molecule has 2 heterocycles. The van der Waals surface area contributed by atoms with Crippen LogP contribution in [0.15, 0.2) is 133 Å². The lowest BCUT2D eigenvalue weighted by Gasteiger charge is -2.26. The molecular formula is C43H22Cl7N2. The van der Waals surface area contributed by atoms with Crippen molar-refractivity contribution in [1.82, 2.24) is 9.13 Å². The number of fused-ring (bicyclic) bond motifs is 6. The number of hydrogen-bond donors (Lipinski definition) is 0. The van der Waals surface area contributed by atoms with E-state index in [-0.39, 0.29) is 10.0 Å². The van der Waals surface area contributed by atoms with Crippen LogP contribution in [0, 0.1) is 5.92 Å². The maximum atomic E-state index is 7.31. The number of hydrogen-bond acceptors (Lipinski definition) is 0. The molecule has 0 aliphatic carbocycles. The molecule has 1 radical (unpaired) electrons. The zero-order valence-electron chi connectivity index (χ0n) is 26.7. The summed E-state index contributed by atoms with van der Waals surface area (Å²) in [5.74, 6) is 0.471. The molecule has 52 heavy (non-hydrogen) atoms. The minimum absolute atomic E-state index is 0.282. The van der Waals surface area contributed by atoms with Gasteiger partial charge in [-0.1, -0.05) is 154 Å². The van der Waals surface area contributed by atoms with Crippen molar-refractivity contribution < 1.29 is 0 Å².